The summed E-state index contributed by atoms with van der Waals surface area (Å²) in [6.45, 7) is 11.1. The van der Waals surface area contributed by atoms with Gasteiger partial charge in [-0.2, -0.15) is 0 Å². The van der Waals surface area contributed by atoms with E-state index in [0.717, 1.165) is 12.1 Å². The fourth-order valence-corrected chi connectivity index (χ4v) is 1.43. The first-order chi connectivity index (χ1) is 4.79. The lowest BCUT2D eigenvalue weighted by atomic mass is 10.1. The normalized spacial score (nSPS) is 20.9. The molecular formula is C9H16N. The fraction of sp³-hybridized carbons (Fsp3) is 0.667. The lowest BCUT2D eigenvalue weighted by Gasteiger charge is -2.26. The molecule has 1 heterocycles. The molecule has 0 bridgehead atoms. The molecule has 0 aromatic carbocycles. The zero-order valence-corrected chi connectivity index (χ0v) is 6.60. The lowest BCUT2D eigenvalue weighted by molar-refractivity contribution is 0.248. The third kappa shape index (κ3) is 2.53. The number of likely N-dealkylation sites (tertiary alicyclic amines) is 1. The Hall–Kier alpha value is -0.300. The van der Waals surface area contributed by atoms with Crippen LogP contribution in [0.2, 0.25) is 0 Å². The van der Waals surface area contributed by atoms with Gasteiger partial charge < -0.3 is 0 Å². The Labute approximate surface area is 63.7 Å². The minimum absolute atomic E-state index is 1.00. The van der Waals surface area contributed by atoms with Crippen LogP contribution in [0.1, 0.15) is 19.3 Å². The van der Waals surface area contributed by atoms with Crippen molar-refractivity contribution in [3.05, 3.63) is 19.1 Å². The maximum Gasteiger partial charge on any atom is 0.0190 e. The highest BCUT2D eigenvalue weighted by Crippen LogP contribution is 2.09. The Morgan fingerprint density at radius 1 is 1.20 bits per heavy atom. The van der Waals surface area contributed by atoms with Gasteiger partial charge in [0.2, 0.25) is 0 Å². The van der Waals surface area contributed by atoms with E-state index in [9.17, 15) is 0 Å². The molecule has 10 heavy (non-hydrogen) atoms. The van der Waals surface area contributed by atoms with E-state index < -0.39 is 0 Å². The predicted octanol–water partition coefficient (Wildman–Crippen LogP) is 1.86. The summed E-state index contributed by atoms with van der Waals surface area (Å²) in [6.07, 6.45) is 4.11. The second-order valence-corrected chi connectivity index (χ2v) is 3.09. The maximum absolute atomic E-state index is 3.80. The standard InChI is InChI=1S/C9H16N/c1-9(2)8-10-6-4-3-5-7-10/h1-8H2. The molecule has 1 fully saturated rings. The summed E-state index contributed by atoms with van der Waals surface area (Å²) in [7, 11) is 0. The highest BCUT2D eigenvalue weighted by atomic mass is 15.1. The molecule has 1 radical (unpaired) electrons. The van der Waals surface area contributed by atoms with Gasteiger partial charge in [0.25, 0.3) is 0 Å². The highest BCUT2D eigenvalue weighted by molar-refractivity contribution is 5.00. The van der Waals surface area contributed by atoms with Crippen molar-refractivity contribution in [2.75, 3.05) is 19.6 Å². The number of rotatable bonds is 2. The van der Waals surface area contributed by atoms with Crippen molar-refractivity contribution in [1.82, 2.24) is 4.90 Å². The first-order valence-electron chi connectivity index (χ1n) is 4.01. The summed E-state index contributed by atoms with van der Waals surface area (Å²) < 4.78 is 0. The summed E-state index contributed by atoms with van der Waals surface area (Å²) >= 11 is 0. The van der Waals surface area contributed by atoms with Crippen molar-refractivity contribution < 1.29 is 0 Å². The lowest BCUT2D eigenvalue weighted by Crippen LogP contribution is -2.30. The van der Waals surface area contributed by atoms with Crippen LogP contribution in [0.4, 0.5) is 0 Å². The van der Waals surface area contributed by atoms with Crippen LogP contribution < -0.4 is 0 Å². The molecule has 0 aromatic rings. The number of hydrogen-bond acceptors (Lipinski definition) is 1. The molecule has 1 rings (SSSR count). The van der Waals surface area contributed by atoms with Gasteiger partial charge in [0, 0.05) is 6.54 Å². The van der Waals surface area contributed by atoms with E-state index >= 15 is 0 Å². The topological polar surface area (TPSA) is 3.24 Å². The van der Waals surface area contributed by atoms with Gasteiger partial charge in [0.05, 0.1) is 0 Å². The van der Waals surface area contributed by atoms with E-state index in [4.69, 9.17) is 0 Å². The van der Waals surface area contributed by atoms with Crippen molar-refractivity contribution in [3.8, 4) is 0 Å². The molecule has 1 aliphatic heterocycles. The van der Waals surface area contributed by atoms with Crippen LogP contribution in [-0.4, -0.2) is 24.5 Å². The second-order valence-electron chi connectivity index (χ2n) is 3.09. The van der Waals surface area contributed by atoms with Crippen molar-refractivity contribution in [2.45, 2.75) is 19.3 Å². The third-order valence-corrected chi connectivity index (χ3v) is 1.90. The molecule has 0 amide bonds. The molecule has 1 nitrogen and oxygen atoms in total. The van der Waals surface area contributed by atoms with Crippen LogP contribution in [0.15, 0.2) is 12.2 Å². The molecular weight excluding hydrogens is 122 g/mol. The van der Waals surface area contributed by atoms with Crippen LogP contribution in [-0.2, 0) is 0 Å². The molecule has 0 N–H and O–H groups in total. The molecule has 0 aliphatic carbocycles. The number of hydrogen-bond donors (Lipinski definition) is 0. The third-order valence-electron chi connectivity index (χ3n) is 1.90. The van der Waals surface area contributed by atoms with Gasteiger partial charge in [-0.1, -0.05) is 18.6 Å². The van der Waals surface area contributed by atoms with Crippen LogP contribution in [0.3, 0.4) is 0 Å². The molecule has 0 atom stereocenters. The van der Waals surface area contributed by atoms with E-state index in [1.165, 1.54) is 32.4 Å². The monoisotopic (exact) mass is 138 g/mol. The van der Waals surface area contributed by atoms with Crippen LogP contribution in [0, 0.1) is 6.92 Å². The van der Waals surface area contributed by atoms with Crippen molar-refractivity contribution in [3.63, 3.8) is 0 Å². The van der Waals surface area contributed by atoms with E-state index in [1.807, 2.05) is 0 Å². The summed E-state index contributed by atoms with van der Waals surface area (Å²) in [5.41, 5.74) is 1.04. The van der Waals surface area contributed by atoms with Crippen LogP contribution in [0.25, 0.3) is 0 Å². The minimum atomic E-state index is 1.00. The van der Waals surface area contributed by atoms with Gasteiger partial charge in [-0.05, 0) is 32.9 Å². The molecule has 1 heteroatoms. The smallest absolute Gasteiger partial charge is 0.0190 e. The minimum Gasteiger partial charge on any atom is -0.299 e. The highest BCUT2D eigenvalue weighted by Gasteiger charge is 2.08. The molecule has 0 unspecified atom stereocenters. The molecule has 0 saturated carbocycles. The van der Waals surface area contributed by atoms with Gasteiger partial charge in [0.15, 0.2) is 0 Å². The quantitative estimate of drug-likeness (QED) is 0.563. The molecule has 0 spiro atoms. The molecule has 1 aliphatic rings. The summed E-state index contributed by atoms with van der Waals surface area (Å²) in [5.74, 6) is 0. The zero-order valence-electron chi connectivity index (χ0n) is 6.60. The largest absolute Gasteiger partial charge is 0.299 e. The van der Waals surface area contributed by atoms with Crippen molar-refractivity contribution in [2.24, 2.45) is 0 Å². The number of piperidine rings is 1. The fourth-order valence-electron chi connectivity index (χ4n) is 1.43. The van der Waals surface area contributed by atoms with Gasteiger partial charge in [-0.15, -0.1) is 0 Å². The summed E-state index contributed by atoms with van der Waals surface area (Å²) in [5, 5.41) is 0. The Morgan fingerprint density at radius 3 is 2.30 bits per heavy atom. The second kappa shape index (κ2) is 3.77. The zero-order chi connectivity index (χ0) is 7.40. The van der Waals surface area contributed by atoms with Crippen LogP contribution >= 0.6 is 0 Å². The van der Waals surface area contributed by atoms with Gasteiger partial charge in [-0.25, -0.2) is 0 Å². The first kappa shape index (κ1) is 7.80. The van der Waals surface area contributed by atoms with Crippen LogP contribution in [0.5, 0.6) is 0 Å². The van der Waals surface area contributed by atoms with Gasteiger partial charge >= 0.3 is 0 Å². The van der Waals surface area contributed by atoms with Gasteiger partial charge in [0.1, 0.15) is 0 Å². The van der Waals surface area contributed by atoms with E-state index in [-0.39, 0.29) is 0 Å². The number of nitrogens with zero attached hydrogens (tertiary/aromatic N) is 1. The van der Waals surface area contributed by atoms with E-state index in [0.29, 0.717) is 0 Å². The van der Waals surface area contributed by atoms with Crippen molar-refractivity contribution in [1.29, 1.82) is 0 Å². The Balaban J connectivity index is 2.19. The summed E-state index contributed by atoms with van der Waals surface area (Å²) in [6, 6.07) is 0. The average molecular weight is 138 g/mol. The molecule has 0 aromatic heterocycles. The first-order valence-corrected chi connectivity index (χ1v) is 4.01. The Kier molecular flexibility index (Phi) is 2.94. The Bertz CT molecular complexity index is 112. The van der Waals surface area contributed by atoms with E-state index in [2.05, 4.69) is 18.4 Å². The predicted molar refractivity (Wildman–Crippen MR) is 44.8 cm³/mol. The maximum atomic E-state index is 3.80. The average Bonchev–Trinajstić information content (AvgIpc) is 1.88. The van der Waals surface area contributed by atoms with Gasteiger partial charge in [-0.3, -0.25) is 4.90 Å². The molecule has 1 saturated heterocycles. The van der Waals surface area contributed by atoms with Crippen molar-refractivity contribution >= 4 is 0 Å². The van der Waals surface area contributed by atoms with E-state index in [1.54, 1.807) is 0 Å². The molecule has 57 valence electrons. The summed E-state index contributed by atoms with van der Waals surface area (Å²) in [4.78, 5) is 2.43. The Morgan fingerprint density at radius 2 is 1.80 bits per heavy atom. The SMILES string of the molecule is [CH2]C(=C)CN1CCCCC1.